The summed E-state index contributed by atoms with van der Waals surface area (Å²) in [6.45, 7) is 6.38. The summed E-state index contributed by atoms with van der Waals surface area (Å²) in [5, 5.41) is 6.67. The molecular weight excluding hydrogens is 212 g/mol. The van der Waals surface area contributed by atoms with Crippen molar-refractivity contribution in [1.82, 2.24) is 9.97 Å². The van der Waals surface area contributed by atoms with Crippen molar-refractivity contribution < 1.29 is 0 Å². The molecule has 1 heterocycles. The Labute approximate surface area is 103 Å². The van der Waals surface area contributed by atoms with Crippen LogP contribution < -0.4 is 10.6 Å². The average molecular weight is 234 g/mol. The molecule has 4 nitrogen and oxygen atoms in total. The van der Waals surface area contributed by atoms with E-state index in [-0.39, 0.29) is 0 Å². The van der Waals surface area contributed by atoms with Crippen molar-refractivity contribution in [2.24, 2.45) is 5.92 Å². The molecule has 1 aromatic rings. The third kappa shape index (κ3) is 2.68. The molecule has 1 saturated carbocycles. The van der Waals surface area contributed by atoms with Crippen LogP contribution in [-0.2, 0) is 6.42 Å². The number of aromatic nitrogens is 2. The second-order valence-corrected chi connectivity index (χ2v) is 4.84. The van der Waals surface area contributed by atoms with Crippen LogP contribution in [0.5, 0.6) is 0 Å². The van der Waals surface area contributed by atoms with Gasteiger partial charge in [-0.15, -0.1) is 0 Å². The van der Waals surface area contributed by atoms with E-state index < -0.39 is 0 Å². The molecule has 1 unspecified atom stereocenters. The first-order valence-corrected chi connectivity index (χ1v) is 6.47. The predicted octanol–water partition coefficient (Wildman–Crippen LogP) is 2.60. The highest BCUT2D eigenvalue weighted by molar-refractivity contribution is 5.57. The smallest absolute Gasteiger partial charge is 0.134 e. The maximum Gasteiger partial charge on any atom is 0.134 e. The van der Waals surface area contributed by atoms with Gasteiger partial charge in [-0.2, -0.15) is 0 Å². The summed E-state index contributed by atoms with van der Waals surface area (Å²) in [6, 6.07) is 0.512. The zero-order chi connectivity index (χ0) is 12.4. The summed E-state index contributed by atoms with van der Waals surface area (Å²) in [5.41, 5.74) is 1.11. The zero-order valence-electron chi connectivity index (χ0n) is 11.2. The highest BCUT2D eigenvalue weighted by Crippen LogP contribution is 2.34. The molecule has 1 aromatic heterocycles. The monoisotopic (exact) mass is 234 g/mol. The molecule has 0 radical (unpaired) electrons. The van der Waals surface area contributed by atoms with Crippen LogP contribution in [-0.4, -0.2) is 23.1 Å². The molecule has 0 spiro atoms. The molecule has 2 rings (SSSR count). The van der Waals surface area contributed by atoms with Gasteiger partial charge in [-0.1, -0.05) is 6.92 Å². The summed E-state index contributed by atoms with van der Waals surface area (Å²) in [4.78, 5) is 9.06. The van der Waals surface area contributed by atoms with Crippen molar-refractivity contribution in [1.29, 1.82) is 0 Å². The SMILES string of the molecule is CCc1nc(NC)c(C)c(NC(C)C2CC2)n1. The van der Waals surface area contributed by atoms with Crippen LogP contribution in [0.15, 0.2) is 0 Å². The Balaban J connectivity index is 2.23. The van der Waals surface area contributed by atoms with Crippen molar-refractivity contribution in [2.75, 3.05) is 17.7 Å². The van der Waals surface area contributed by atoms with Gasteiger partial charge >= 0.3 is 0 Å². The maximum absolute atomic E-state index is 4.59. The zero-order valence-corrected chi connectivity index (χ0v) is 11.2. The van der Waals surface area contributed by atoms with Crippen molar-refractivity contribution in [3.63, 3.8) is 0 Å². The van der Waals surface area contributed by atoms with Gasteiger partial charge in [-0.25, -0.2) is 9.97 Å². The van der Waals surface area contributed by atoms with Crippen molar-refractivity contribution >= 4 is 11.6 Å². The predicted molar refractivity (Wildman–Crippen MR) is 71.5 cm³/mol. The molecule has 17 heavy (non-hydrogen) atoms. The van der Waals surface area contributed by atoms with Crippen LogP contribution in [0.2, 0.25) is 0 Å². The lowest BCUT2D eigenvalue weighted by atomic mass is 10.2. The van der Waals surface area contributed by atoms with Gasteiger partial charge in [0, 0.05) is 25.1 Å². The quantitative estimate of drug-likeness (QED) is 0.822. The first-order chi connectivity index (χ1) is 8.15. The highest BCUT2D eigenvalue weighted by Gasteiger charge is 2.28. The molecule has 0 bridgehead atoms. The second-order valence-electron chi connectivity index (χ2n) is 4.84. The van der Waals surface area contributed by atoms with Gasteiger partial charge < -0.3 is 10.6 Å². The second kappa shape index (κ2) is 4.90. The van der Waals surface area contributed by atoms with Gasteiger partial charge in [0.2, 0.25) is 0 Å². The maximum atomic E-state index is 4.59. The average Bonchev–Trinajstić information content (AvgIpc) is 3.15. The van der Waals surface area contributed by atoms with E-state index in [0.29, 0.717) is 6.04 Å². The largest absolute Gasteiger partial charge is 0.373 e. The Morgan fingerprint density at radius 2 is 1.94 bits per heavy atom. The van der Waals surface area contributed by atoms with E-state index in [9.17, 15) is 0 Å². The molecule has 0 saturated heterocycles. The van der Waals surface area contributed by atoms with E-state index >= 15 is 0 Å². The number of nitrogens with one attached hydrogen (secondary N) is 2. The van der Waals surface area contributed by atoms with Gasteiger partial charge in [0.05, 0.1) is 0 Å². The number of nitrogens with zero attached hydrogens (tertiary/aromatic N) is 2. The Morgan fingerprint density at radius 1 is 1.29 bits per heavy atom. The Bertz CT molecular complexity index is 399. The van der Waals surface area contributed by atoms with E-state index in [1.165, 1.54) is 12.8 Å². The van der Waals surface area contributed by atoms with Crippen molar-refractivity contribution in [2.45, 2.75) is 46.1 Å². The summed E-state index contributed by atoms with van der Waals surface area (Å²) >= 11 is 0. The lowest BCUT2D eigenvalue weighted by molar-refractivity contribution is 0.688. The van der Waals surface area contributed by atoms with Crippen LogP contribution in [0, 0.1) is 12.8 Å². The van der Waals surface area contributed by atoms with Crippen LogP contribution in [0.1, 0.15) is 38.1 Å². The summed E-state index contributed by atoms with van der Waals surface area (Å²) in [6.07, 6.45) is 3.55. The van der Waals surface area contributed by atoms with Gasteiger partial charge in [0.25, 0.3) is 0 Å². The number of aryl methyl sites for hydroxylation is 1. The molecule has 0 amide bonds. The van der Waals surface area contributed by atoms with Crippen LogP contribution in [0.25, 0.3) is 0 Å². The summed E-state index contributed by atoms with van der Waals surface area (Å²) in [7, 11) is 1.91. The third-order valence-corrected chi connectivity index (χ3v) is 3.44. The fourth-order valence-corrected chi connectivity index (χ4v) is 2.03. The number of hydrogen-bond acceptors (Lipinski definition) is 4. The Kier molecular flexibility index (Phi) is 3.50. The molecular formula is C13H22N4. The van der Waals surface area contributed by atoms with Crippen LogP contribution in [0.3, 0.4) is 0 Å². The van der Waals surface area contributed by atoms with Gasteiger partial charge in [-0.3, -0.25) is 0 Å². The van der Waals surface area contributed by atoms with Crippen LogP contribution in [0.4, 0.5) is 11.6 Å². The first-order valence-electron chi connectivity index (χ1n) is 6.47. The van der Waals surface area contributed by atoms with Crippen molar-refractivity contribution in [3.8, 4) is 0 Å². The molecule has 4 heteroatoms. The summed E-state index contributed by atoms with van der Waals surface area (Å²) in [5.74, 6) is 3.64. The van der Waals surface area contributed by atoms with Crippen LogP contribution >= 0.6 is 0 Å². The molecule has 0 aromatic carbocycles. The molecule has 1 aliphatic carbocycles. The first kappa shape index (κ1) is 12.1. The topological polar surface area (TPSA) is 49.8 Å². The molecule has 2 N–H and O–H groups in total. The molecule has 0 aliphatic heterocycles. The van der Waals surface area contributed by atoms with E-state index in [1.807, 2.05) is 7.05 Å². The fraction of sp³-hybridized carbons (Fsp3) is 0.692. The lowest BCUT2D eigenvalue weighted by Crippen LogP contribution is -2.20. The Hall–Kier alpha value is -1.32. The Morgan fingerprint density at radius 3 is 2.47 bits per heavy atom. The molecule has 94 valence electrons. The third-order valence-electron chi connectivity index (χ3n) is 3.44. The standard InChI is InChI=1S/C13H22N4/c1-5-11-16-12(14-4)8(2)13(17-11)15-9(3)10-6-7-10/h9-10H,5-7H2,1-4H3,(H2,14,15,16,17). The minimum Gasteiger partial charge on any atom is -0.373 e. The van der Waals surface area contributed by atoms with E-state index in [1.54, 1.807) is 0 Å². The normalized spacial score (nSPS) is 16.7. The van der Waals surface area contributed by atoms with E-state index in [4.69, 9.17) is 0 Å². The lowest BCUT2D eigenvalue weighted by Gasteiger charge is -2.17. The molecule has 1 fully saturated rings. The highest BCUT2D eigenvalue weighted by atomic mass is 15.1. The minimum absolute atomic E-state index is 0.512. The van der Waals surface area contributed by atoms with E-state index in [2.05, 4.69) is 41.4 Å². The van der Waals surface area contributed by atoms with Crippen molar-refractivity contribution in [3.05, 3.63) is 11.4 Å². The molecule has 1 atom stereocenters. The van der Waals surface area contributed by atoms with Gasteiger partial charge in [-0.05, 0) is 32.6 Å². The summed E-state index contributed by atoms with van der Waals surface area (Å²) < 4.78 is 0. The number of anilines is 2. The number of rotatable bonds is 5. The minimum atomic E-state index is 0.512. The fourth-order valence-electron chi connectivity index (χ4n) is 2.03. The van der Waals surface area contributed by atoms with Gasteiger partial charge in [0.15, 0.2) is 0 Å². The number of hydrogen-bond donors (Lipinski definition) is 2. The molecule has 1 aliphatic rings. The van der Waals surface area contributed by atoms with Gasteiger partial charge in [0.1, 0.15) is 17.5 Å². The van der Waals surface area contributed by atoms with E-state index in [0.717, 1.165) is 35.4 Å².